The first-order chi connectivity index (χ1) is 5.75. The summed E-state index contributed by atoms with van der Waals surface area (Å²) in [6.45, 7) is 0. The molecule has 0 saturated heterocycles. The highest BCUT2D eigenvalue weighted by molar-refractivity contribution is 5.86. The van der Waals surface area contributed by atoms with Gasteiger partial charge >= 0.3 is 0 Å². The number of nitrogen functional groups attached to an aromatic ring is 2. The molecule has 0 radical (unpaired) electrons. The normalized spacial score (nSPS) is 10.3. The predicted molar refractivity (Wildman–Crippen MR) is 50.6 cm³/mol. The summed E-state index contributed by atoms with van der Waals surface area (Å²) in [6.07, 6.45) is 1.72. The molecule has 2 rings (SSSR count). The van der Waals surface area contributed by atoms with E-state index in [0.717, 1.165) is 16.5 Å². The number of aromatic nitrogens is 1. The maximum atomic E-state index is 5.60. The van der Waals surface area contributed by atoms with Gasteiger partial charge in [-0.2, -0.15) is 0 Å². The number of hydrogen-bond donors (Lipinski definition) is 2. The zero-order valence-corrected chi connectivity index (χ0v) is 6.49. The Morgan fingerprint density at radius 3 is 2.67 bits per heavy atom. The molecule has 0 saturated carbocycles. The Balaban J connectivity index is 2.79. The molecule has 1 heterocycles. The first kappa shape index (κ1) is 6.91. The number of nitrogens with zero attached hydrogens (tertiary/aromatic N) is 1. The third kappa shape index (κ3) is 1.05. The molecular formula is C9H9N3. The molecule has 60 valence electrons. The first-order valence-corrected chi connectivity index (χ1v) is 3.66. The molecular weight excluding hydrogens is 150 g/mol. The quantitative estimate of drug-likeness (QED) is 0.571. The molecule has 0 aliphatic carbocycles. The molecule has 1 aromatic carbocycles. The van der Waals surface area contributed by atoms with Crippen molar-refractivity contribution >= 4 is 22.3 Å². The number of hydrogen-bond acceptors (Lipinski definition) is 3. The maximum Gasteiger partial charge on any atom is 0.123 e. The van der Waals surface area contributed by atoms with Gasteiger partial charge in [0.1, 0.15) is 5.82 Å². The molecule has 3 nitrogen and oxygen atoms in total. The van der Waals surface area contributed by atoms with Crippen molar-refractivity contribution in [3.8, 4) is 0 Å². The van der Waals surface area contributed by atoms with Crippen molar-refractivity contribution in [2.24, 2.45) is 0 Å². The van der Waals surface area contributed by atoms with Crippen LogP contribution in [0.1, 0.15) is 0 Å². The third-order valence-electron chi connectivity index (χ3n) is 1.77. The van der Waals surface area contributed by atoms with Gasteiger partial charge in [0.25, 0.3) is 0 Å². The Hall–Kier alpha value is -1.77. The Morgan fingerprint density at radius 1 is 1.00 bits per heavy atom. The molecule has 0 unspecified atom stereocenters. The average Bonchev–Trinajstić information content (AvgIpc) is 2.05. The van der Waals surface area contributed by atoms with Crippen molar-refractivity contribution in [3.63, 3.8) is 0 Å². The molecule has 0 aliphatic heterocycles. The van der Waals surface area contributed by atoms with E-state index in [1.165, 1.54) is 0 Å². The van der Waals surface area contributed by atoms with Crippen LogP contribution in [0.4, 0.5) is 11.5 Å². The lowest BCUT2D eigenvalue weighted by molar-refractivity contribution is 1.37. The monoisotopic (exact) mass is 159 g/mol. The van der Waals surface area contributed by atoms with Crippen LogP contribution in [-0.2, 0) is 0 Å². The van der Waals surface area contributed by atoms with Crippen LogP contribution in [0.15, 0.2) is 30.5 Å². The van der Waals surface area contributed by atoms with E-state index >= 15 is 0 Å². The number of anilines is 2. The fraction of sp³-hybridized carbons (Fsp3) is 0. The molecule has 0 aliphatic rings. The molecule has 2 aromatic rings. The van der Waals surface area contributed by atoms with Crippen molar-refractivity contribution in [3.05, 3.63) is 30.5 Å². The number of nitrogens with two attached hydrogens (primary N) is 2. The fourth-order valence-electron chi connectivity index (χ4n) is 1.18. The lowest BCUT2D eigenvalue weighted by atomic mass is 10.1. The number of benzene rings is 1. The van der Waals surface area contributed by atoms with Crippen LogP contribution in [0.2, 0.25) is 0 Å². The maximum absolute atomic E-state index is 5.60. The van der Waals surface area contributed by atoms with E-state index in [4.69, 9.17) is 11.5 Å². The minimum atomic E-state index is 0.535. The van der Waals surface area contributed by atoms with Crippen LogP contribution in [0, 0.1) is 0 Å². The summed E-state index contributed by atoms with van der Waals surface area (Å²) in [6, 6.07) is 7.49. The second-order valence-corrected chi connectivity index (χ2v) is 2.72. The Labute approximate surface area is 70.0 Å². The molecule has 0 spiro atoms. The summed E-state index contributed by atoms with van der Waals surface area (Å²) in [4.78, 5) is 3.97. The zero-order valence-electron chi connectivity index (χ0n) is 6.49. The topological polar surface area (TPSA) is 64.9 Å². The summed E-state index contributed by atoms with van der Waals surface area (Å²) >= 11 is 0. The Morgan fingerprint density at radius 2 is 1.83 bits per heavy atom. The van der Waals surface area contributed by atoms with Gasteiger partial charge in [-0.15, -0.1) is 0 Å². The smallest absolute Gasteiger partial charge is 0.123 e. The van der Waals surface area contributed by atoms with Crippen LogP contribution in [-0.4, -0.2) is 4.98 Å². The van der Waals surface area contributed by atoms with E-state index < -0.39 is 0 Å². The lowest BCUT2D eigenvalue weighted by Gasteiger charge is -1.99. The van der Waals surface area contributed by atoms with E-state index in [2.05, 4.69) is 4.98 Å². The van der Waals surface area contributed by atoms with Gasteiger partial charge in [0.2, 0.25) is 0 Å². The Bertz CT molecular complexity index is 382. The first-order valence-electron chi connectivity index (χ1n) is 3.66. The minimum Gasteiger partial charge on any atom is -0.399 e. The molecule has 0 bridgehead atoms. The molecule has 0 fully saturated rings. The van der Waals surface area contributed by atoms with Gasteiger partial charge in [0.05, 0.1) is 0 Å². The van der Waals surface area contributed by atoms with E-state index in [0.29, 0.717) is 5.82 Å². The minimum absolute atomic E-state index is 0.535. The van der Waals surface area contributed by atoms with E-state index in [1.54, 1.807) is 6.20 Å². The van der Waals surface area contributed by atoms with Crippen LogP contribution >= 0.6 is 0 Å². The summed E-state index contributed by atoms with van der Waals surface area (Å²) < 4.78 is 0. The summed E-state index contributed by atoms with van der Waals surface area (Å²) in [5.41, 5.74) is 11.9. The SMILES string of the molecule is Nc1ccc2cc(N)ncc2c1. The van der Waals surface area contributed by atoms with Crippen molar-refractivity contribution in [2.75, 3.05) is 11.5 Å². The molecule has 0 amide bonds. The van der Waals surface area contributed by atoms with Gasteiger partial charge < -0.3 is 11.5 Å². The molecule has 1 aromatic heterocycles. The number of pyridine rings is 1. The third-order valence-corrected chi connectivity index (χ3v) is 1.77. The van der Waals surface area contributed by atoms with E-state index in [9.17, 15) is 0 Å². The van der Waals surface area contributed by atoms with Crippen molar-refractivity contribution in [1.29, 1.82) is 0 Å². The number of rotatable bonds is 0. The Kier molecular flexibility index (Phi) is 1.37. The van der Waals surface area contributed by atoms with Gasteiger partial charge in [0.15, 0.2) is 0 Å². The standard InChI is InChI=1S/C9H9N3/c10-8-2-1-6-4-9(11)12-5-7(6)3-8/h1-5H,10H2,(H2,11,12). The summed E-state index contributed by atoms with van der Waals surface area (Å²) in [5, 5.41) is 2.08. The largest absolute Gasteiger partial charge is 0.399 e. The van der Waals surface area contributed by atoms with Gasteiger partial charge in [-0.05, 0) is 23.6 Å². The summed E-state index contributed by atoms with van der Waals surface area (Å²) in [7, 11) is 0. The van der Waals surface area contributed by atoms with Crippen LogP contribution in [0.5, 0.6) is 0 Å². The van der Waals surface area contributed by atoms with E-state index in [1.807, 2.05) is 24.3 Å². The van der Waals surface area contributed by atoms with Crippen molar-refractivity contribution in [2.45, 2.75) is 0 Å². The van der Waals surface area contributed by atoms with Gasteiger partial charge in [0, 0.05) is 17.3 Å². The summed E-state index contributed by atoms with van der Waals surface area (Å²) in [5.74, 6) is 0.535. The second kappa shape index (κ2) is 2.37. The highest BCUT2D eigenvalue weighted by Crippen LogP contribution is 2.17. The van der Waals surface area contributed by atoms with Crippen molar-refractivity contribution < 1.29 is 0 Å². The zero-order chi connectivity index (χ0) is 8.55. The average molecular weight is 159 g/mol. The molecule has 3 heteroatoms. The van der Waals surface area contributed by atoms with E-state index in [-0.39, 0.29) is 0 Å². The van der Waals surface area contributed by atoms with Crippen LogP contribution in [0.3, 0.4) is 0 Å². The van der Waals surface area contributed by atoms with Crippen LogP contribution < -0.4 is 11.5 Å². The second-order valence-electron chi connectivity index (χ2n) is 2.72. The predicted octanol–water partition coefficient (Wildman–Crippen LogP) is 1.40. The highest BCUT2D eigenvalue weighted by atomic mass is 14.8. The van der Waals surface area contributed by atoms with Gasteiger partial charge in [-0.1, -0.05) is 6.07 Å². The molecule has 12 heavy (non-hydrogen) atoms. The number of fused-ring (bicyclic) bond motifs is 1. The molecule has 4 N–H and O–H groups in total. The van der Waals surface area contributed by atoms with Crippen molar-refractivity contribution in [1.82, 2.24) is 4.98 Å². The molecule has 0 atom stereocenters. The highest BCUT2D eigenvalue weighted by Gasteiger charge is 1.94. The van der Waals surface area contributed by atoms with Crippen LogP contribution in [0.25, 0.3) is 10.8 Å². The van der Waals surface area contributed by atoms with Gasteiger partial charge in [-0.25, -0.2) is 4.98 Å². The van der Waals surface area contributed by atoms with Gasteiger partial charge in [-0.3, -0.25) is 0 Å². The fourth-order valence-corrected chi connectivity index (χ4v) is 1.18. The lowest BCUT2D eigenvalue weighted by Crippen LogP contribution is -1.89.